The van der Waals surface area contributed by atoms with E-state index in [1.54, 1.807) is 0 Å². The van der Waals surface area contributed by atoms with Crippen LogP contribution < -0.4 is 9.47 Å². The fourth-order valence-corrected chi connectivity index (χ4v) is 1.64. The molecule has 2 nitrogen and oxygen atoms in total. The third kappa shape index (κ3) is 1.27. The average molecular weight is 190 g/mol. The molecule has 0 aliphatic carbocycles. The Bertz CT molecular complexity index is 369. The maximum atomic E-state index is 5.46. The molecule has 1 aromatic rings. The maximum absolute atomic E-state index is 5.46. The van der Waals surface area contributed by atoms with Crippen LogP contribution in [-0.2, 0) is 0 Å². The lowest BCUT2D eigenvalue weighted by atomic mass is 9.98. The highest BCUT2D eigenvalue weighted by Gasteiger charge is 2.21. The third-order valence-corrected chi connectivity index (χ3v) is 2.59. The number of benzene rings is 1. The molecule has 0 aromatic heterocycles. The maximum Gasteiger partial charge on any atom is 0.231 e. The van der Waals surface area contributed by atoms with Crippen molar-refractivity contribution in [3.05, 3.63) is 35.9 Å². The van der Waals surface area contributed by atoms with Crippen molar-refractivity contribution in [3.8, 4) is 11.5 Å². The van der Waals surface area contributed by atoms with Gasteiger partial charge in [0.1, 0.15) is 0 Å². The molecule has 0 bridgehead atoms. The van der Waals surface area contributed by atoms with Crippen LogP contribution in [0.15, 0.2) is 24.8 Å². The number of hydrogen-bond donors (Lipinski definition) is 0. The normalized spacial score (nSPS) is 15.3. The Morgan fingerprint density at radius 1 is 1.36 bits per heavy atom. The zero-order chi connectivity index (χ0) is 10.1. The van der Waals surface area contributed by atoms with Crippen molar-refractivity contribution in [1.82, 2.24) is 0 Å². The fraction of sp³-hybridized carbons (Fsp3) is 0.333. The first-order chi connectivity index (χ1) is 6.74. The van der Waals surface area contributed by atoms with E-state index in [1.807, 2.05) is 13.0 Å². The quantitative estimate of drug-likeness (QED) is 0.667. The second-order valence-electron chi connectivity index (χ2n) is 3.56. The zero-order valence-electron chi connectivity index (χ0n) is 8.54. The molecule has 0 saturated heterocycles. The van der Waals surface area contributed by atoms with E-state index in [0.29, 0.717) is 12.7 Å². The second kappa shape index (κ2) is 3.37. The zero-order valence-corrected chi connectivity index (χ0v) is 8.54. The molecule has 0 unspecified atom stereocenters. The molecular formula is C12H14O2. The van der Waals surface area contributed by atoms with Crippen LogP contribution in [0.2, 0.25) is 0 Å². The van der Waals surface area contributed by atoms with Crippen LogP contribution in [0, 0.1) is 6.92 Å². The van der Waals surface area contributed by atoms with E-state index in [1.165, 1.54) is 0 Å². The molecule has 1 aliphatic heterocycles. The highest BCUT2D eigenvalue weighted by Crippen LogP contribution is 2.41. The Labute approximate surface area is 84.2 Å². The lowest BCUT2D eigenvalue weighted by Crippen LogP contribution is -1.95. The smallest absolute Gasteiger partial charge is 0.231 e. The second-order valence-corrected chi connectivity index (χ2v) is 3.56. The summed E-state index contributed by atoms with van der Waals surface area (Å²) in [4.78, 5) is 0. The molecular weight excluding hydrogens is 176 g/mol. The standard InChI is InChI=1S/C12H14O2/c1-4-8(2)10-6-5-9(3)11-12(10)14-7-13-11/h4-6,8H,1,7H2,2-3H3/t8-/m0/s1. The van der Waals surface area contributed by atoms with Crippen LogP contribution in [-0.4, -0.2) is 6.79 Å². The number of rotatable bonds is 2. The van der Waals surface area contributed by atoms with E-state index >= 15 is 0 Å². The molecule has 1 aromatic carbocycles. The first kappa shape index (κ1) is 9.13. The van der Waals surface area contributed by atoms with Gasteiger partial charge in [-0.3, -0.25) is 0 Å². The molecule has 0 amide bonds. The molecule has 1 atom stereocenters. The molecule has 1 aliphatic rings. The fourth-order valence-electron chi connectivity index (χ4n) is 1.64. The summed E-state index contributed by atoms with van der Waals surface area (Å²) in [5.74, 6) is 2.07. The number of allylic oxidation sites excluding steroid dienone is 1. The summed E-state index contributed by atoms with van der Waals surface area (Å²) in [6, 6.07) is 4.14. The van der Waals surface area contributed by atoms with Gasteiger partial charge >= 0.3 is 0 Å². The summed E-state index contributed by atoms with van der Waals surface area (Å²) < 4.78 is 10.9. The minimum absolute atomic E-state index is 0.297. The van der Waals surface area contributed by atoms with Gasteiger partial charge in [0.05, 0.1) is 0 Å². The third-order valence-electron chi connectivity index (χ3n) is 2.59. The number of hydrogen-bond acceptors (Lipinski definition) is 2. The van der Waals surface area contributed by atoms with Crippen molar-refractivity contribution in [3.63, 3.8) is 0 Å². The lowest BCUT2D eigenvalue weighted by molar-refractivity contribution is 0.172. The van der Waals surface area contributed by atoms with Crippen LogP contribution in [0.4, 0.5) is 0 Å². The van der Waals surface area contributed by atoms with Gasteiger partial charge in [0.15, 0.2) is 11.5 Å². The summed E-state index contributed by atoms with van der Waals surface area (Å²) in [5, 5.41) is 0. The van der Waals surface area contributed by atoms with Crippen LogP contribution in [0.25, 0.3) is 0 Å². The SMILES string of the molecule is C=C[C@H](C)c1ccc(C)c2c1OCO2. The predicted octanol–water partition coefficient (Wildman–Crippen LogP) is 3.01. The number of fused-ring (bicyclic) bond motifs is 1. The molecule has 14 heavy (non-hydrogen) atoms. The van der Waals surface area contributed by atoms with Gasteiger partial charge in [-0.15, -0.1) is 6.58 Å². The van der Waals surface area contributed by atoms with E-state index in [0.717, 1.165) is 22.6 Å². The van der Waals surface area contributed by atoms with Crippen LogP contribution >= 0.6 is 0 Å². The lowest BCUT2D eigenvalue weighted by Gasteiger charge is -2.10. The van der Waals surface area contributed by atoms with Gasteiger partial charge in [0.25, 0.3) is 0 Å². The molecule has 2 rings (SSSR count). The summed E-state index contributed by atoms with van der Waals surface area (Å²) in [6.07, 6.45) is 1.91. The van der Waals surface area contributed by atoms with Crippen molar-refractivity contribution in [2.24, 2.45) is 0 Å². The van der Waals surface area contributed by atoms with Crippen molar-refractivity contribution in [2.45, 2.75) is 19.8 Å². The summed E-state index contributed by atoms with van der Waals surface area (Å²) in [6.45, 7) is 8.24. The minimum atomic E-state index is 0.297. The Hall–Kier alpha value is -1.44. The molecule has 1 heterocycles. The Morgan fingerprint density at radius 2 is 2.07 bits per heavy atom. The van der Waals surface area contributed by atoms with E-state index < -0.39 is 0 Å². The van der Waals surface area contributed by atoms with Gasteiger partial charge in [-0.25, -0.2) is 0 Å². The summed E-state index contributed by atoms with van der Waals surface area (Å²) in [5.41, 5.74) is 2.27. The summed E-state index contributed by atoms with van der Waals surface area (Å²) in [7, 11) is 0. The first-order valence-electron chi connectivity index (χ1n) is 4.75. The monoisotopic (exact) mass is 190 g/mol. The number of aryl methyl sites for hydroxylation is 1. The van der Waals surface area contributed by atoms with Gasteiger partial charge in [-0.2, -0.15) is 0 Å². The van der Waals surface area contributed by atoms with E-state index in [9.17, 15) is 0 Å². The molecule has 0 spiro atoms. The van der Waals surface area contributed by atoms with E-state index in [4.69, 9.17) is 9.47 Å². The van der Waals surface area contributed by atoms with Crippen molar-refractivity contribution in [1.29, 1.82) is 0 Å². The average Bonchev–Trinajstić information content (AvgIpc) is 2.67. The molecule has 74 valence electrons. The molecule has 0 N–H and O–H groups in total. The number of ether oxygens (including phenoxy) is 2. The topological polar surface area (TPSA) is 18.5 Å². The predicted molar refractivity (Wildman–Crippen MR) is 55.9 cm³/mol. The molecule has 0 fully saturated rings. The largest absolute Gasteiger partial charge is 0.453 e. The Morgan fingerprint density at radius 3 is 2.79 bits per heavy atom. The van der Waals surface area contributed by atoms with Gasteiger partial charge < -0.3 is 9.47 Å². The molecule has 2 heteroatoms. The highest BCUT2D eigenvalue weighted by atomic mass is 16.7. The van der Waals surface area contributed by atoms with Gasteiger partial charge in [0, 0.05) is 11.5 Å². The van der Waals surface area contributed by atoms with E-state index in [-0.39, 0.29) is 0 Å². The van der Waals surface area contributed by atoms with Crippen molar-refractivity contribution >= 4 is 0 Å². The summed E-state index contributed by atoms with van der Waals surface area (Å²) >= 11 is 0. The van der Waals surface area contributed by atoms with Crippen LogP contribution in [0.3, 0.4) is 0 Å². The van der Waals surface area contributed by atoms with Crippen molar-refractivity contribution in [2.75, 3.05) is 6.79 Å². The van der Waals surface area contributed by atoms with E-state index in [2.05, 4.69) is 25.6 Å². The van der Waals surface area contributed by atoms with Crippen LogP contribution in [0.5, 0.6) is 11.5 Å². The molecule has 0 saturated carbocycles. The van der Waals surface area contributed by atoms with Gasteiger partial charge in [-0.1, -0.05) is 25.1 Å². The Balaban J connectivity index is 2.53. The first-order valence-corrected chi connectivity index (χ1v) is 4.75. The Kier molecular flexibility index (Phi) is 2.20. The van der Waals surface area contributed by atoms with Crippen molar-refractivity contribution < 1.29 is 9.47 Å². The van der Waals surface area contributed by atoms with Gasteiger partial charge in [-0.05, 0) is 12.5 Å². The van der Waals surface area contributed by atoms with Gasteiger partial charge in [0.2, 0.25) is 6.79 Å². The molecule has 0 radical (unpaired) electrons. The highest BCUT2D eigenvalue weighted by molar-refractivity contribution is 5.54. The van der Waals surface area contributed by atoms with Crippen LogP contribution in [0.1, 0.15) is 24.0 Å². The minimum Gasteiger partial charge on any atom is -0.453 e.